The fourth-order valence-electron chi connectivity index (χ4n) is 2.30. The predicted molar refractivity (Wildman–Crippen MR) is 89.5 cm³/mol. The first-order valence-electron chi connectivity index (χ1n) is 7.63. The van der Waals surface area contributed by atoms with Crippen molar-refractivity contribution in [3.8, 4) is 6.07 Å². The van der Waals surface area contributed by atoms with Crippen molar-refractivity contribution in [2.45, 2.75) is 26.3 Å². The quantitative estimate of drug-likeness (QED) is 0.798. The zero-order valence-electron chi connectivity index (χ0n) is 14.0. The summed E-state index contributed by atoms with van der Waals surface area (Å²) < 4.78 is 0. The van der Waals surface area contributed by atoms with Crippen molar-refractivity contribution in [1.29, 1.82) is 5.26 Å². The SMILES string of the molecule is CCN(CC)CCNC(C)(C#N)c1ccc(N(C)C)cc1. The number of nitriles is 1. The molecule has 4 heteroatoms. The molecule has 0 heterocycles. The van der Waals surface area contributed by atoms with Crippen LogP contribution in [0.2, 0.25) is 0 Å². The molecule has 0 aliphatic rings. The second-order valence-electron chi connectivity index (χ2n) is 5.63. The Bertz CT molecular complexity index is 457. The van der Waals surface area contributed by atoms with E-state index in [0.29, 0.717) is 0 Å². The number of likely N-dealkylation sites (N-methyl/N-ethyl adjacent to an activating group) is 1. The van der Waals surface area contributed by atoms with Crippen molar-refractivity contribution in [2.75, 3.05) is 45.2 Å². The highest BCUT2D eigenvalue weighted by Crippen LogP contribution is 2.22. The number of benzene rings is 1. The number of rotatable bonds is 8. The van der Waals surface area contributed by atoms with Crippen molar-refractivity contribution in [3.05, 3.63) is 29.8 Å². The van der Waals surface area contributed by atoms with Gasteiger partial charge >= 0.3 is 0 Å². The summed E-state index contributed by atoms with van der Waals surface area (Å²) in [6.45, 7) is 10.1. The van der Waals surface area contributed by atoms with Gasteiger partial charge < -0.3 is 9.80 Å². The van der Waals surface area contributed by atoms with Crippen LogP contribution in [0.15, 0.2) is 24.3 Å². The maximum Gasteiger partial charge on any atom is 0.129 e. The molecule has 0 amide bonds. The lowest BCUT2D eigenvalue weighted by Crippen LogP contribution is -2.42. The summed E-state index contributed by atoms with van der Waals surface area (Å²) >= 11 is 0. The molecular formula is C17H28N4. The summed E-state index contributed by atoms with van der Waals surface area (Å²) in [6.07, 6.45) is 0. The third-order valence-corrected chi connectivity index (χ3v) is 3.99. The van der Waals surface area contributed by atoms with E-state index < -0.39 is 5.54 Å². The van der Waals surface area contributed by atoms with Crippen LogP contribution in [-0.4, -0.2) is 45.2 Å². The highest BCUT2D eigenvalue weighted by molar-refractivity contribution is 5.48. The van der Waals surface area contributed by atoms with Crippen LogP contribution in [0.25, 0.3) is 0 Å². The van der Waals surface area contributed by atoms with Crippen LogP contribution < -0.4 is 10.2 Å². The van der Waals surface area contributed by atoms with Crippen LogP contribution in [0.4, 0.5) is 5.69 Å². The van der Waals surface area contributed by atoms with Gasteiger partial charge in [0, 0.05) is 32.9 Å². The van der Waals surface area contributed by atoms with Crippen LogP contribution in [0.1, 0.15) is 26.3 Å². The summed E-state index contributed by atoms with van der Waals surface area (Å²) in [5, 5.41) is 13.0. The first-order chi connectivity index (χ1) is 9.96. The maximum absolute atomic E-state index is 9.56. The van der Waals surface area contributed by atoms with E-state index in [2.05, 4.69) is 47.2 Å². The molecule has 4 nitrogen and oxygen atoms in total. The molecule has 0 fully saturated rings. The second-order valence-corrected chi connectivity index (χ2v) is 5.63. The number of anilines is 1. The summed E-state index contributed by atoms with van der Waals surface area (Å²) in [5.74, 6) is 0. The largest absolute Gasteiger partial charge is 0.378 e. The molecule has 1 aromatic rings. The summed E-state index contributed by atoms with van der Waals surface area (Å²) in [7, 11) is 4.03. The fourth-order valence-corrected chi connectivity index (χ4v) is 2.30. The summed E-state index contributed by atoms with van der Waals surface area (Å²) in [5.41, 5.74) is 1.51. The molecule has 116 valence electrons. The average Bonchev–Trinajstić information content (AvgIpc) is 2.51. The molecule has 1 unspecified atom stereocenters. The zero-order chi connectivity index (χ0) is 15.9. The minimum absolute atomic E-state index is 0.641. The molecule has 1 N–H and O–H groups in total. The van der Waals surface area contributed by atoms with E-state index in [4.69, 9.17) is 0 Å². The van der Waals surface area contributed by atoms with Crippen molar-refractivity contribution >= 4 is 5.69 Å². The zero-order valence-corrected chi connectivity index (χ0v) is 14.0. The highest BCUT2D eigenvalue weighted by Gasteiger charge is 2.25. The molecule has 0 saturated heterocycles. The Morgan fingerprint density at radius 1 is 1.14 bits per heavy atom. The van der Waals surface area contributed by atoms with Crippen molar-refractivity contribution in [1.82, 2.24) is 10.2 Å². The third-order valence-electron chi connectivity index (χ3n) is 3.99. The normalized spacial score (nSPS) is 13.8. The molecular weight excluding hydrogens is 260 g/mol. The summed E-state index contributed by atoms with van der Waals surface area (Å²) in [4.78, 5) is 4.40. The Morgan fingerprint density at radius 2 is 1.71 bits per heavy atom. The van der Waals surface area contributed by atoms with E-state index in [0.717, 1.165) is 37.4 Å². The van der Waals surface area contributed by atoms with Crippen molar-refractivity contribution in [3.63, 3.8) is 0 Å². The van der Waals surface area contributed by atoms with Crippen LogP contribution in [0, 0.1) is 11.3 Å². The minimum atomic E-state index is -0.641. The van der Waals surface area contributed by atoms with E-state index in [1.165, 1.54) is 0 Å². The van der Waals surface area contributed by atoms with Crippen molar-refractivity contribution in [2.24, 2.45) is 0 Å². The summed E-state index contributed by atoms with van der Waals surface area (Å²) in [6, 6.07) is 10.6. The molecule has 0 spiro atoms. The monoisotopic (exact) mass is 288 g/mol. The highest BCUT2D eigenvalue weighted by atomic mass is 15.1. The molecule has 1 aromatic carbocycles. The van der Waals surface area contributed by atoms with Gasteiger partial charge in [-0.15, -0.1) is 0 Å². The van der Waals surface area contributed by atoms with Crippen LogP contribution >= 0.6 is 0 Å². The lowest BCUT2D eigenvalue weighted by atomic mass is 9.93. The first-order valence-corrected chi connectivity index (χ1v) is 7.63. The van der Waals surface area contributed by atoms with Gasteiger partial charge in [-0.2, -0.15) is 5.26 Å². The number of hydrogen-bond donors (Lipinski definition) is 1. The lowest BCUT2D eigenvalue weighted by molar-refractivity contribution is 0.290. The van der Waals surface area contributed by atoms with E-state index in [9.17, 15) is 5.26 Å². The van der Waals surface area contributed by atoms with E-state index >= 15 is 0 Å². The Balaban J connectivity index is 2.73. The van der Waals surface area contributed by atoms with Crippen molar-refractivity contribution < 1.29 is 0 Å². The Labute approximate surface area is 129 Å². The smallest absolute Gasteiger partial charge is 0.129 e. The average molecular weight is 288 g/mol. The number of hydrogen-bond acceptors (Lipinski definition) is 4. The molecule has 0 aliphatic heterocycles. The second kappa shape index (κ2) is 8.02. The topological polar surface area (TPSA) is 42.3 Å². The standard InChI is InChI=1S/C17H28N4/c1-6-21(7-2)13-12-19-17(3,14-18)15-8-10-16(11-9-15)20(4)5/h8-11,19H,6-7,12-13H2,1-5H3. The fraction of sp³-hybridized carbons (Fsp3) is 0.588. The maximum atomic E-state index is 9.56. The Kier molecular flexibility index (Phi) is 6.67. The molecule has 0 saturated carbocycles. The van der Waals surface area contributed by atoms with Gasteiger partial charge in [-0.25, -0.2) is 0 Å². The molecule has 0 radical (unpaired) electrons. The molecule has 0 bridgehead atoms. The van der Waals surface area contributed by atoms with Gasteiger partial charge in [-0.05, 0) is 37.7 Å². The molecule has 1 rings (SSSR count). The molecule has 0 aliphatic carbocycles. The van der Waals surface area contributed by atoms with Gasteiger partial charge in [-0.1, -0.05) is 26.0 Å². The molecule has 21 heavy (non-hydrogen) atoms. The predicted octanol–water partition coefficient (Wildman–Crippen LogP) is 2.42. The van der Waals surface area contributed by atoms with Crippen LogP contribution in [-0.2, 0) is 5.54 Å². The molecule has 0 aromatic heterocycles. The number of nitrogens with one attached hydrogen (secondary N) is 1. The Hall–Kier alpha value is -1.57. The van der Waals surface area contributed by atoms with Gasteiger partial charge in [0.1, 0.15) is 5.54 Å². The first kappa shape index (κ1) is 17.5. The van der Waals surface area contributed by atoms with Gasteiger partial charge in [-0.3, -0.25) is 5.32 Å². The van der Waals surface area contributed by atoms with Crippen LogP contribution in [0.5, 0.6) is 0 Å². The van der Waals surface area contributed by atoms with E-state index in [1.54, 1.807) is 0 Å². The Morgan fingerprint density at radius 3 is 2.14 bits per heavy atom. The van der Waals surface area contributed by atoms with Crippen LogP contribution in [0.3, 0.4) is 0 Å². The van der Waals surface area contributed by atoms with Gasteiger partial charge in [0.05, 0.1) is 6.07 Å². The third kappa shape index (κ3) is 4.73. The van der Waals surface area contributed by atoms with E-state index in [1.807, 2.05) is 33.2 Å². The molecule has 1 atom stereocenters. The minimum Gasteiger partial charge on any atom is -0.378 e. The van der Waals surface area contributed by atoms with Gasteiger partial charge in [0.2, 0.25) is 0 Å². The number of nitrogens with zero attached hydrogens (tertiary/aromatic N) is 3. The van der Waals surface area contributed by atoms with Gasteiger partial charge in [0.25, 0.3) is 0 Å². The van der Waals surface area contributed by atoms with Gasteiger partial charge in [0.15, 0.2) is 0 Å². The lowest BCUT2D eigenvalue weighted by Gasteiger charge is -2.26. The van der Waals surface area contributed by atoms with E-state index in [-0.39, 0.29) is 0 Å².